The van der Waals surface area contributed by atoms with Crippen LogP contribution in [0.25, 0.3) is 0 Å². The zero-order valence-corrected chi connectivity index (χ0v) is 9.27. The molecule has 0 amide bonds. The molecule has 0 spiro atoms. The number of esters is 1. The fourth-order valence-corrected chi connectivity index (χ4v) is 1.73. The van der Waals surface area contributed by atoms with E-state index in [1.54, 1.807) is 37.3 Å². The summed E-state index contributed by atoms with van der Waals surface area (Å²) in [7, 11) is 1.19. The van der Waals surface area contributed by atoms with Gasteiger partial charge in [-0.3, -0.25) is 9.59 Å². The van der Waals surface area contributed by atoms with E-state index in [-0.39, 0.29) is 6.42 Å². The lowest BCUT2D eigenvalue weighted by Crippen LogP contribution is -2.44. The highest BCUT2D eigenvalue weighted by Crippen LogP contribution is 2.29. The molecule has 4 nitrogen and oxygen atoms in total. The van der Waals surface area contributed by atoms with Crippen molar-refractivity contribution in [1.82, 2.24) is 0 Å². The van der Waals surface area contributed by atoms with Crippen LogP contribution >= 0.6 is 0 Å². The van der Waals surface area contributed by atoms with Crippen LogP contribution in [0.3, 0.4) is 0 Å². The zero-order chi connectivity index (χ0) is 12.2. The number of rotatable bonds is 4. The first-order valence-corrected chi connectivity index (χ1v) is 4.97. The lowest BCUT2D eigenvalue weighted by atomic mass is 9.78. The molecule has 0 aliphatic carbocycles. The molecule has 0 aliphatic heterocycles. The van der Waals surface area contributed by atoms with E-state index in [1.165, 1.54) is 7.11 Å². The van der Waals surface area contributed by atoms with Crippen molar-refractivity contribution in [3.8, 4) is 0 Å². The second kappa shape index (κ2) is 4.79. The van der Waals surface area contributed by atoms with Gasteiger partial charge in [-0.1, -0.05) is 37.3 Å². The van der Waals surface area contributed by atoms with E-state index in [9.17, 15) is 14.7 Å². The van der Waals surface area contributed by atoms with Gasteiger partial charge < -0.3 is 9.84 Å². The van der Waals surface area contributed by atoms with Gasteiger partial charge in [-0.15, -0.1) is 0 Å². The SMILES string of the molecule is CCC(C(=O)O)(C(=O)OC)c1ccccc1. The van der Waals surface area contributed by atoms with Crippen LogP contribution in [-0.2, 0) is 19.7 Å². The fraction of sp³-hybridized carbons (Fsp3) is 0.333. The van der Waals surface area contributed by atoms with Gasteiger partial charge in [0, 0.05) is 0 Å². The summed E-state index contributed by atoms with van der Waals surface area (Å²) in [6, 6.07) is 8.41. The van der Waals surface area contributed by atoms with Gasteiger partial charge in [0.15, 0.2) is 5.41 Å². The maximum Gasteiger partial charge on any atom is 0.327 e. The summed E-state index contributed by atoms with van der Waals surface area (Å²) in [5.74, 6) is -1.93. The van der Waals surface area contributed by atoms with E-state index >= 15 is 0 Å². The number of benzene rings is 1. The second-order valence-electron chi connectivity index (χ2n) is 3.42. The molecule has 1 aromatic carbocycles. The molecule has 1 aromatic rings. The Hall–Kier alpha value is -1.84. The third-order valence-corrected chi connectivity index (χ3v) is 2.70. The minimum absolute atomic E-state index is 0.152. The molecule has 1 rings (SSSR count). The maximum absolute atomic E-state index is 11.7. The highest BCUT2D eigenvalue weighted by atomic mass is 16.5. The first-order chi connectivity index (χ1) is 7.59. The third-order valence-electron chi connectivity index (χ3n) is 2.70. The van der Waals surface area contributed by atoms with Crippen LogP contribution in [0.1, 0.15) is 18.9 Å². The standard InChI is InChI=1S/C12H14O4/c1-3-12(10(13)14,11(15)16-2)9-7-5-4-6-8-9/h4-8H,3H2,1-2H3,(H,13,14). The summed E-state index contributed by atoms with van der Waals surface area (Å²) in [6.07, 6.45) is 0.152. The van der Waals surface area contributed by atoms with Gasteiger partial charge in [-0.05, 0) is 12.0 Å². The number of ether oxygens (including phenoxy) is 1. The van der Waals surface area contributed by atoms with Crippen molar-refractivity contribution in [2.24, 2.45) is 0 Å². The summed E-state index contributed by atoms with van der Waals surface area (Å²) in [6.45, 7) is 1.65. The van der Waals surface area contributed by atoms with Gasteiger partial charge in [0.1, 0.15) is 0 Å². The molecule has 4 heteroatoms. The number of hydrogen-bond acceptors (Lipinski definition) is 3. The summed E-state index contributed by atoms with van der Waals surface area (Å²) in [5.41, 5.74) is -1.16. The highest BCUT2D eigenvalue weighted by Gasteiger charge is 2.47. The molecule has 0 aromatic heterocycles. The number of carbonyl (C=O) groups is 2. The van der Waals surface area contributed by atoms with E-state index in [0.29, 0.717) is 5.56 Å². The van der Waals surface area contributed by atoms with Gasteiger partial charge in [0.05, 0.1) is 7.11 Å². The molecule has 86 valence electrons. The Balaban J connectivity index is 3.35. The lowest BCUT2D eigenvalue weighted by molar-refractivity contribution is -0.160. The van der Waals surface area contributed by atoms with Crippen LogP contribution in [0.5, 0.6) is 0 Å². The Morgan fingerprint density at radius 2 is 1.88 bits per heavy atom. The summed E-state index contributed by atoms with van der Waals surface area (Å²) in [4.78, 5) is 23.1. The average molecular weight is 222 g/mol. The topological polar surface area (TPSA) is 63.6 Å². The molecule has 16 heavy (non-hydrogen) atoms. The first-order valence-electron chi connectivity index (χ1n) is 4.97. The third kappa shape index (κ3) is 1.78. The van der Waals surface area contributed by atoms with Crippen molar-refractivity contribution in [3.05, 3.63) is 35.9 Å². The van der Waals surface area contributed by atoms with Crippen LogP contribution in [0.4, 0.5) is 0 Å². The monoisotopic (exact) mass is 222 g/mol. The maximum atomic E-state index is 11.7. The van der Waals surface area contributed by atoms with Crippen LogP contribution in [0.2, 0.25) is 0 Å². The van der Waals surface area contributed by atoms with E-state index in [4.69, 9.17) is 0 Å². The van der Waals surface area contributed by atoms with Crippen molar-refractivity contribution in [2.75, 3.05) is 7.11 Å². The van der Waals surface area contributed by atoms with Gasteiger partial charge in [-0.2, -0.15) is 0 Å². The van der Waals surface area contributed by atoms with E-state index in [0.717, 1.165) is 0 Å². The second-order valence-corrected chi connectivity index (χ2v) is 3.42. The van der Waals surface area contributed by atoms with Crippen molar-refractivity contribution in [3.63, 3.8) is 0 Å². The number of carboxylic acid groups (broad SMARTS) is 1. The Bertz CT molecular complexity index is 385. The molecular formula is C12H14O4. The fourth-order valence-electron chi connectivity index (χ4n) is 1.73. The lowest BCUT2D eigenvalue weighted by Gasteiger charge is -2.25. The van der Waals surface area contributed by atoms with Crippen LogP contribution in [0.15, 0.2) is 30.3 Å². The van der Waals surface area contributed by atoms with Crippen LogP contribution in [-0.4, -0.2) is 24.2 Å². The van der Waals surface area contributed by atoms with Crippen LogP contribution in [0, 0.1) is 0 Å². The number of aliphatic carboxylic acids is 1. The number of methoxy groups -OCH3 is 1. The predicted octanol–water partition coefficient (Wildman–Crippen LogP) is 1.59. The normalized spacial score (nSPS) is 13.9. The average Bonchev–Trinajstić information content (AvgIpc) is 2.31. The molecule has 1 unspecified atom stereocenters. The highest BCUT2D eigenvalue weighted by molar-refractivity contribution is 6.05. The molecule has 1 N–H and O–H groups in total. The number of carbonyl (C=O) groups excluding carboxylic acids is 1. The smallest absolute Gasteiger partial charge is 0.327 e. The molecule has 0 aliphatic rings. The van der Waals surface area contributed by atoms with Crippen molar-refractivity contribution < 1.29 is 19.4 Å². The number of hydrogen-bond donors (Lipinski definition) is 1. The quantitative estimate of drug-likeness (QED) is 0.620. The molecule has 0 bridgehead atoms. The molecule has 0 fully saturated rings. The Kier molecular flexibility index (Phi) is 3.66. The Morgan fingerprint density at radius 1 is 1.31 bits per heavy atom. The summed E-state index contributed by atoms with van der Waals surface area (Å²) in [5, 5.41) is 9.28. The minimum atomic E-state index is -1.60. The van der Waals surface area contributed by atoms with Gasteiger partial charge in [0.2, 0.25) is 0 Å². The molecule has 0 heterocycles. The van der Waals surface area contributed by atoms with Gasteiger partial charge >= 0.3 is 11.9 Å². The van der Waals surface area contributed by atoms with Crippen molar-refractivity contribution in [2.45, 2.75) is 18.8 Å². The first kappa shape index (κ1) is 12.2. The van der Waals surface area contributed by atoms with E-state index < -0.39 is 17.4 Å². The molecule has 0 saturated heterocycles. The molecular weight excluding hydrogens is 208 g/mol. The van der Waals surface area contributed by atoms with Crippen molar-refractivity contribution >= 4 is 11.9 Å². The van der Waals surface area contributed by atoms with E-state index in [2.05, 4.69) is 4.74 Å². The number of carboxylic acids is 1. The van der Waals surface area contributed by atoms with Crippen molar-refractivity contribution in [1.29, 1.82) is 0 Å². The minimum Gasteiger partial charge on any atom is -0.480 e. The summed E-state index contributed by atoms with van der Waals surface area (Å²) >= 11 is 0. The Labute approximate surface area is 93.9 Å². The Morgan fingerprint density at radius 3 is 2.25 bits per heavy atom. The molecule has 0 radical (unpaired) electrons. The van der Waals surface area contributed by atoms with Gasteiger partial charge in [-0.25, -0.2) is 0 Å². The van der Waals surface area contributed by atoms with E-state index in [1.807, 2.05) is 0 Å². The molecule has 0 saturated carbocycles. The van der Waals surface area contributed by atoms with Crippen LogP contribution < -0.4 is 0 Å². The zero-order valence-electron chi connectivity index (χ0n) is 9.27. The molecule has 1 atom stereocenters. The predicted molar refractivity (Wildman–Crippen MR) is 58.1 cm³/mol. The van der Waals surface area contributed by atoms with Gasteiger partial charge in [0.25, 0.3) is 0 Å². The summed E-state index contributed by atoms with van der Waals surface area (Å²) < 4.78 is 4.60. The largest absolute Gasteiger partial charge is 0.480 e.